The summed E-state index contributed by atoms with van der Waals surface area (Å²) in [5.74, 6) is 0.814. The predicted molar refractivity (Wildman–Crippen MR) is 68.5 cm³/mol. The first kappa shape index (κ1) is 11.7. The highest BCUT2D eigenvalue weighted by Crippen LogP contribution is 2.20. The van der Waals surface area contributed by atoms with Gasteiger partial charge in [-0.3, -0.25) is 0 Å². The fraction of sp³-hybridized carbons (Fsp3) is 0.923. The van der Waals surface area contributed by atoms with Gasteiger partial charge in [-0.2, -0.15) is 0 Å². The minimum atomic E-state index is 0.511. The normalized spacial score (nSPS) is 25.5. The van der Waals surface area contributed by atoms with Gasteiger partial charge >= 0.3 is 0 Å². The Morgan fingerprint density at radius 1 is 0.875 bits per heavy atom. The van der Waals surface area contributed by atoms with Crippen LogP contribution in [-0.2, 0) is 0 Å². The maximum atomic E-state index is 6.12. The highest BCUT2D eigenvalue weighted by atomic mass is 15.3. The molecule has 0 atom stereocenters. The molecule has 2 rings (SSSR count). The predicted octanol–water partition coefficient (Wildman–Crippen LogP) is 2.51. The van der Waals surface area contributed by atoms with Crippen LogP contribution in [0.2, 0.25) is 0 Å². The maximum Gasteiger partial charge on any atom is 0.191 e. The third-order valence-corrected chi connectivity index (χ3v) is 3.82. The van der Waals surface area contributed by atoms with E-state index in [2.05, 4.69) is 4.90 Å². The highest BCUT2D eigenvalue weighted by Gasteiger charge is 2.15. The highest BCUT2D eigenvalue weighted by molar-refractivity contribution is 5.78. The Balaban J connectivity index is 1.87. The zero-order valence-corrected chi connectivity index (χ0v) is 10.3. The number of rotatable bonds is 1. The zero-order chi connectivity index (χ0) is 11.2. The number of aliphatic imine (C=N–C) groups is 1. The molecular formula is C13H25N3. The van der Waals surface area contributed by atoms with E-state index < -0.39 is 0 Å². The molecule has 16 heavy (non-hydrogen) atoms. The number of guanidine groups is 1. The molecule has 92 valence electrons. The summed E-state index contributed by atoms with van der Waals surface area (Å²) in [5, 5.41) is 0. The molecule has 0 bridgehead atoms. The van der Waals surface area contributed by atoms with Crippen molar-refractivity contribution < 1.29 is 0 Å². The van der Waals surface area contributed by atoms with Crippen molar-refractivity contribution in [3.05, 3.63) is 0 Å². The summed E-state index contributed by atoms with van der Waals surface area (Å²) in [7, 11) is 0. The van der Waals surface area contributed by atoms with Crippen molar-refractivity contribution in [1.82, 2.24) is 4.90 Å². The van der Waals surface area contributed by atoms with Crippen LogP contribution in [0.25, 0.3) is 0 Å². The van der Waals surface area contributed by atoms with Gasteiger partial charge in [0.1, 0.15) is 0 Å². The van der Waals surface area contributed by atoms with Crippen LogP contribution in [0.3, 0.4) is 0 Å². The average molecular weight is 223 g/mol. The summed E-state index contributed by atoms with van der Waals surface area (Å²) in [6, 6.07) is 0.511. The third-order valence-electron chi connectivity index (χ3n) is 3.82. The van der Waals surface area contributed by atoms with E-state index in [1.807, 2.05) is 0 Å². The number of nitrogens with zero attached hydrogens (tertiary/aromatic N) is 2. The van der Waals surface area contributed by atoms with Crippen molar-refractivity contribution in [2.75, 3.05) is 13.1 Å². The second-order valence-electron chi connectivity index (χ2n) is 5.18. The summed E-state index contributed by atoms with van der Waals surface area (Å²) in [5.41, 5.74) is 6.12. The molecule has 1 aliphatic heterocycles. The van der Waals surface area contributed by atoms with Gasteiger partial charge in [-0.1, -0.05) is 32.1 Å². The van der Waals surface area contributed by atoms with Gasteiger partial charge in [0.15, 0.2) is 5.96 Å². The largest absolute Gasteiger partial charge is 0.370 e. The molecule has 0 radical (unpaired) electrons. The Morgan fingerprint density at radius 2 is 1.44 bits per heavy atom. The van der Waals surface area contributed by atoms with Gasteiger partial charge in [0.2, 0.25) is 0 Å². The van der Waals surface area contributed by atoms with Gasteiger partial charge < -0.3 is 10.6 Å². The summed E-state index contributed by atoms with van der Waals surface area (Å²) in [6.07, 6.45) is 11.8. The van der Waals surface area contributed by atoms with Gasteiger partial charge in [-0.05, 0) is 25.7 Å². The van der Waals surface area contributed by atoms with Crippen LogP contribution in [0.15, 0.2) is 4.99 Å². The minimum absolute atomic E-state index is 0.511. The fourth-order valence-electron chi connectivity index (χ4n) is 2.78. The van der Waals surface area contributed by atoms with E-state index in [1.54, 1.807) is 0 Å². The van der Waals surface area contributed by atoms with Crippen LogP contribution in [-0.4, -0.2) is 30.0 Å². The Morgan fingerprint density at radius 3 is 2.06 bits per heavy atom. The first-order valence-electron chi connectivity index (χ1n) is 6.94. The SMILES string of the molecule is NC(=NC1CCCCC1)N1CCCCCC1. The molecule has 1 heterocycles. The number of nitrogens with two attached hydrogens (primary N) is 1. The molecule has 0 aromatic rings. The van der Waals surface area contributed by atoms with Gasteiger partial charge in [0.05, 0.1) is 6.04 Å². The number of likely N-dealkylation sites (tertiary alicyclic amines) is 1. The number of hydrogen-bond acceptors (Lipinski definition) is 1. The summed E-state index contributed by atoms with van der Waals surface area (Å²) < 4.78 is 0. The van der Waals surface area contributed by atoms with E-state index in [1.165, 1.54) is 57.8 Å². The molecule has 0 spiro atoms. The first-order valence-corrected chi connectivity index (χ1v) is 6.94. The van der Waals surface area contributed by atoms with E-state index in [-0.39, 0.29) is 0 Å². The molecule has 2 N–H and O–H groups in total. The summed E-state index contributed by atoms with van der Waals surface area (Å²) >= 11 is 0. The maximum absolute atomic E-state index is 6.12. The minimum Gasteiger partial charge on any atom is -0.370 e. The Labute approximate surface area is 99.1 Å². The van der Waals surface area contributed by atoms with E-state index >= 15 is 0 Å². The third kappa shape index (κ3) is 3.39. The molecule has 1 saturated carbocycles. The quantitative estimate of drug-likeness (QED) is 0.548. The van der Waals surface area contributed by atoms with Crippen LogP contribution in [0.1, 0.15) is 57.8 Å². The van der Waals surface area contributed by atoms with Crippen LogP contribution < -0.4 is 5.73 Å². The average Bonchev–Trinajstić information content (AvgIpc) is 2.59. The van der Waals surface area contributed by atoms with Crippen molar-refractivity contribution in [3.63, 3.8) is 0 Å². The lowest BCUT2D eigenvalue weighted by Crippen LogP contribution is -2.39. The molecule has 3 heteroatoms. The standard InChI is InChI=1S/C13H25N3/c14-13(15-12-8-4-3-5-9-12)16-10-6-1-2-7-11-16/h12H,1-11H2,(H2,14,15). The lowest BCUT2D eigenvalue weighted by atomic mass is 9.96. The van der Waals surface area contributed by atoms with Gasteiger partial charge in [0.25, 0.3) is 0 Å². The molecule has 2 fully saturated rings. The first-order chi connectivity index (χ1) is 7.86. The molecule has 1 aliphatic carbocycles. The molecule has 0 aromatic carbocycles. The van der Waals surface area contributed by atoms with E-state index in [9.17, 15) is 0 Å². The Bertz CT molecular complexity index is 223. The molecule has 0 amide bonds. The zero-order valence-electron chi connectivity index (χ0n) is 10.3. The second-order valence-corrected chi connectivity index (χ2v) is 5.18. The van der Waals surface area contributed by atoms with Gasteiger partial charge in [0, 0.05) is 13.1 Å². The van der Waals surface area contributed by atoms with Gasteiger partial charge in [-0.25, -0.2) is 4.99 Å². The van der Waals surface area contributed by atoms with Crippen molar-refractivity contribution in [2.24, 2.45) is 10.7 Å². The lowest BCUT2D eigenvalue weighted by molar-refractivity contribution is 0.406. The molecule has 0 unspecified atom stereocenters. The van der Waals surface area contributed by atoms with Crippen LogP contribution in [0.5, 0.6) is 0 Å². The molecule has 3 nitrogen and oxygen atoms in total. The van der Waals surface area contributed by atoms with E-state index in [0.717, 1.165) is 19.0 Å². The smallest absolute Gasteiger partial charge is 0.191 e. The Kier molecular flexibility index (Phi) is 4.49. The van der Waals surface area contributed by atoms with Crippen molar-refractivity contribution in [2.45, 2.75) is 63.8 Å². The van der Waals surface area contributed by atoms with Crippen molar-refractivity contribution in [3.8, 4) is 0 Å². The topological polar surface area (TPSA) is 41.6 Å². The van der Waals surface area contributed by atoms with Gasteiger partial charge in [-0.15, -0.1) is 0 Å². The van der Waals surface area contributed by atoms with Crippen LogP contribution in [0, 0.1) is 0 Å². The van der Waals surface area contributed by atoms with Crippen LogP contribution >= 0.6 is 0 Å². The molecule has 1 saturated heterocycles. The summed E-state index contributed by atoms with van der Waals surface area (Å²) in [6.45, 7) is 2.23. The van der Waals surface area contributed by atoms with E-state index in [0.29, 0.717) is 6.04 Å². The molecule has 2 aliphatic rings. The van der Waals surface area contributed by atoms with Crippen molar-refractivity contribution >= 4 is 5.96 Å². The molecule has 0 aromatic heterocycles. The number of hydrogen-bond donors (Lipinski definition) is 1. The fourth-order valence-corrected chi connectivity index (χ4v) is 2.78. The summed E-state index contributed by atoms with van der Waals surface area (Å²) in [4.78, 5) is 7.01. The van der Waals surface area contributed by atoms with Crippen LogP contribution in [0.4, 0.5) is 0 Å². The lowest BCUT2D eigenvalue weighted by Gasteiger charge is -2.24. The van der Waals surface area contributed by atoms with Crippen molar-refractivity contribution in [1.29, 1.82) is 0 Å². The second kappa shape index (κ2) is 6.12. The monoisotopic (exact) mass is 223 g/mol. The Hall–Kier alpha value is -0.730. The van der Waals surface area contributed by atoms with E-state index in [4.69, 9.17) is 10.7 Å². The molecular weight excluding hydrogens is 198 g/mol.